The smallest absolute Gasteiger partial charge is 0.336 e. The van der Waals surface area contributed by atoms with Crippen LogP contribution in [-0.4, -0.2) is 34.1 Å². The summed E-state index contributed by atoms with van der Waals surface area (Å²) in [5, 5.41) is 15.6. The SMILES string of the molecule is O=C(C=CC(=O)Oc1ccccc1)Oc1ccccc1.O=C(O)C=CC(=O)O. The molecule has 2 aromatic carbocycles. The quantitative estimate of drug-likeness (QED) is 0.442. The molecule has 28 heavy (non-hydrogen) atoms. The first-order chi connectivity index (χ1) is 13.4. The van der Waals surface area contributed by atoms with Crippen molar-refractivity contribution in [2.75, 3.05) is 0 Å². The second-order valence-electron chi connectivity index (χ2n) is 4.81. The molecule has 0 atom stereocenters. The van der Waals surface area contributed by atoms with Crippen molar-refractivity contribution in [1.29, 1.82) is 0 Å². The van der Waals surface area contributed by atoms with Crippen molar-refractivity contribution in [3.8, 4) is 11.5 Å². The van der Waals surface area contributed by atoms with E-state index < -0.39 is 23.9 Å². The van der Waals surface area contributed by atoms with Gasteiger partial charge < -0.3 is 19.7 Å². The number of ether oxygens (including phenoxy) is 2. The van der Waals surface area contributed by atoms with Crippen LogP contribution in [0.1, 0.15) is 0 Å². The summed E-state index contributed by atoms with van der Waals surface area (Å²) in [6.07, 6.45) is 3.17. The standard InChI is InChI=1S/C16H12O4.C4H4O4/c17-15(19-13-7-3-1-4-8-13)11-12-16(18)20-14-9-5-2-6-10-14;5-3(6)1-2-4(7)8/h1-12H;1-2H,(H,5,6)(H,7,8). The van der Waals surface area contributed by atoms with Crippen LogP contribution in [0, 0.1) is 0 Å². The van der Waals surface area contributed by atoms with Crippen LogP contribution in [0.3, 0.4) is 0 Å². The molecule has 0 amide bonds. The van der Waals surface area contributed by atoms with Crippen molar-refractivity contribution in [3.05, 3.63) is 85.0 Å². The lowest BCUT2D eigenvalue weighted by Crippen LogP contribution is -2.08. The molecule has 0 unspecified atom stereocenters. The van der Waals surface area contributed by atoms with Gasteiger partial charge in [0, 0.05) is 24.3 Å². The van der Waals surface area contributed by atoms with E-state index in [1.165, 1.54) is 0 Å². The fraction of sp³-hybridized carbons (Fsp3) is 0. The first-order valence-corrected chi connectivity index (χ1v) is 7.72. The zero-order chi connectivity index (χ0) is 20.8. The number of carbonyl (C=O) groups excluding carboxylic acids is 2. The third kappa shape index (κ3) is 10.6. The van der Waals surface area contributed by atoms with Crippen molar-refractivity contribution in [2.45, 2.75) is 0 Å². The summed E-state index contributed by atoms with van der Waals surface area (Å²) in [6, 6.07) is 17.2. The minimum absolute atomic E-state index is 0.415. The van der Waals surface area contributed by atoms with Gasteiger partial charge >= 0.3 is 23.9 Å². The van der Waals surface area contributed by atoms with Gasteiger partial charge in [0.05, 0.1) is 0 Å². The maximum absolute atomic E-state index is 11.5. The fourth-order valence-corrected chi connectivity index (χ4v) is 1.56. The van der Waals surface area contributed by atoms with Gasteiger partial charge in [0.2, 0.25) is 0 Å². The molecule has 0 aliphatic carbocycles. The molecule has 2 aromatic rings. The zero-order valence-corrected chi connectivity index (χ0v) is 14.4. The molecule has 8 heteroatoms. The Kier molecular flexibility index (Phi) is 9.52. The summed E-state index contributed by atoms with van der Waals surface area (Å²) in [5.74, 6) is -2.96. The largest absolute Gasteiger partial charge is 0.478 e. The van der Waals surface area contributed by atoms with Gasteiger partial charge in [-0.2, -0.15) is 0 Å². The highest BCUT2D eigenvalue weighted by Crippen LogP contribution is 2.10. The molecule has 0 spiro atoms. The van der Waals surface area contributed by atoms with Crippen molar-refractivity contribution in [2.24, 2.45) is 0 Å². The minimum Gasteiger partial charge on any atom is -0.478 e. The Balaban J connectivity index is 0.000000416. The fourth-order valence-electron chi connectivity index (χ4n) is 1.56. The second-order valence-corrected chi connectivity index (χ2v) is 4.81. The average molecular weight is 384 g/mol. The lowest BCUT2D eigenvalue weighted by Gasteiger charge is -2.01. The lowest BCUT2D eigenvalue weighted by molar-refractivity contribution is -0.134. The van der Waals surface area contributed by atoms with Crippen LogP contribution in [0.4, 0.5) is 0 Å². The van der Waals surface area contributed by atoms with Crippen LogP contribution in [0.2, 0.25) is 0 Å². The van der Waals surface area contributed by atoms with E-state index in [2.05, 4.69) is 0 Å². The van der Waals surface area contributed by atoms with Crippen LogP contribution in [-0.2, 0) is 19.2 Å². The number of aliphatic carboxylic acids is 2. The number of carbonyl (C=O) groups is 4. The predicted molar refractivity (Wildman–Crippen MR) is 97.7 cm³/mol. The topological polar surface area (TPSA) is 127 Å². The number of para-hydroxylation sites is 2. The van der Waals surface area contributed by atoms with Crippen LogP contribution in [0.25, 0.3) is 0 Å². The van der Waals surface area contributed by atoms with Crippen molar-refractivity contribution in [3.63, 3.8) is 0 Å². The van der Waals surface area contributed by atoms with Gasteiger partial charge in [-0.3, -0.25) is 0 Å². The number of rotatable bonds is 6. The summed E-state index contributed by atoms with van der Waals surface area (Å²) in [4.78, 5) is 42.0. The van der Waals surface area contributed by atoms with E-state index in [1.807, 2.05) is 12.1 Å². The van der Waals surface area contributed by atoms with Crippen molar-refractivity contribution < 1.29 is 38.9 Å². The molecule has 2 rings (SSSR count). The van der Waals surface area contributed by atoms with Gasteiger partial charge in [0.1, 0.15) is 11.5 Å². The van der Waals surface area contributed by atoms with Gasteiger partial charge in [0.15, 0.2) is 0 Å². The Morgan fingerprint density at radius 1 is 0.571 bits per heavy atom. The van der Waals surface area contributed by atoms with E-state index in [4.69, 9.17) is 19.7 Å². The number of hydrogen-bond donors (Lipinski definition) is 2. The van der Waals surface area contributed by atoms with E-state index in [-0.39, 0.29) is 0 Å². The third-order valence-electron chi connectivity index (χ3n) is 2.65. The summed E-state index contributed by atoms with van der Waals surface area (Å²) in [7, 11) is 0. The summed E-state index contributed by atoms with van der Waals surface area (Å²) in [5.41, 5.74) is 0. The molecule has 0 fully saturated rings. The summed E-state index contributed by atoms with van der Waals surface area (Å²) < 4.78 is 9.96. The van der Waals surface area contributed by atoms with Gasteiger partial charge in [-0.25, -0.2) is 19.2 Å². The van der Waals surface area contributed by atoms with Gasteiger partial charge in [-0.1, -0.05) is 36.4 Å². The molecule has 0 radical (unpaired) electrons. The molecular formula is C20H16O8. The number of benzene rings is 2. The average Bonchev–Trinajstić information content (AvgIpc) is 2.67. The van der Waals surface area contributed by atoms with Gasteiger partial charge in [-0.05, 0) is 24.3 Å². The molecule has 8 nitrogen and oxygen atoms in total. The highest BCUT2D eigenvalue weighted by Gasteiger charge is 2.03. The zero-order valence-electron chi connectivity index (χ0n) is 14.4. The lowest BCUT2D eigenvalue weighted by atomic mass is 10.3. The molecular weight excluding hydrogens is 368 g/mol. The predicted octanol–water partition coefficient (Wildman–Crippen LogP) is 2.47. The van der Waals surface area contributed by atoms with E-state index in [1.54, 1.807) is 48.5 Å². The minimum atomic E-state index is -1.26. The van der Waals surface area contributed by atoms with Crippen LogP contribution in [0.5, 0.6) is 11.5 Å². The summed E-state index contributed by atoms with van der Waals surface area (Å²) >= 11 is 0. The number of hydrogen-bond acceptors (Lipinski definition) is 6. The molecule has 0 aliphatic heterocycles. The number of esters is 2. The maximum atomic E-state index is 11.5. The molecule has 0 saturated heterocycles. The Morgan fingerprint density at radius 3 is 1.18 bits per heavy atom. The molecule has 0 aromatic heterocycles. The van der Waals surface area contributed by atoms with Gasteiger partial charge in [-0.15, -0.1) is 0 Å². The second kappa shape index (κ2) is 12.2. The first-order valence-electron chi connectivity index (χ1n) is 7.72. The molecule has 2 N–H and O–H groups in total. The summed E-state index contributed by atoms with van der Waals surface area (Å²) in [6.45, 7) is 0. The van der Waals surface area contributed by atoms with E-state index in [0.717, 1.165) is 12.2 Å². The van der Waals surface area contributed by atoms with Crippen LogP contribution < -0.4 is 9.47 Å². The van der Waals surface area contributed by atoms with E-state index >= 15 is 0 Å². The Hall–Kier alpha value is -4.20. The molecule has 0 bridgehead atoms. The third-order valence-corrected chi connectivity index (χ3v) is 2.65. The molecule has 0 aliphatic rings. The normalized spacial score (nSPS) is 10.0. The van der Waals surface area contributed by atoms with Gasteiger partial charge in [0.25, 0.3) is 0 Å². The van der Waals surface area contributed by atoms with Crippen molar-refractivity contribution in [1.82, 2.24) is 0 Å². The molecule has 0 heterocycles. The van der Waals surface area contributed by atoms with E-state index in [0.29, 0.717) is 23.7 Å². The highest BCUT2D eigenvalue weighted by molar-refractivity contribution is 5.93. The molecule has 144 valence electrons. The van der Waals surface area contributed by atoms with Crippen LogP contribution >= 0.6 is 0 Å². The Bertz CT molecular complexity index is 783. The van der Waals surface area contributed by atoms with E-state index in [9.17, 15) is 19.2 Å². The first kappa shape index (κ1) is 21.8. The van der Waals surface area contributed by atoms with Crippen molar-refractivity contribution >= 4 is 23.9 Å². The van der Waals surface area contributed by atoms with Crippen LogP contribution in [0.15, 0.2) is 85.0 Å². The molecule has 0 saturated carbocycles. The monoisotopic (exact) mass is 384 g/mol. The Labute approximate surface area is 159 Å². The highest BCUT2D eigenvalue weighted by atomic mass is 16.5. The number of carboxylic acid groups (broad SMARTS) is 2. The maximum Gasteiger partial charge on any atom is 0.336 e. The Morgan fingerprint density at radius 2 is 0.893 bits per heavy atom. The number of carboxylic acids is 2.